The van der Waals surface area contributed by atoms with Crippen LogP contribution in [0.2, 0.25) is 0 Å². The van der Waals surface area contributed by atoms with Gasteiger partial charge in [0.15, 0.2) is 0 Å². The normalized spacial score (nSPS) is 39.1. The Morgan fingerprint density at radius 2 is 1.89 bits per heavy atom. The van der Waals surface area contributed by atoms with Crippen LogP contribution in [0.4, 0.5) is 8.78 Å². The average Bonchev–Trinajstić information content (AvgIpc) is 3.38. The second kappa shape index (κ2) is 7.98. The van der Waals surface area contributed by atoms with Gasteiger partial charge in [-0.05, 0) is 103 Å². The summed E-state index contributed by atoms with van der Waals surface area (Å²) in [5, 5.41) is 2.63. The molecule has 0 radical (unpaired) electrons. The molecule has 0 N–H and O–H groups in total. The maximum absolute atomic E-state index is 13.1. The quantitative estimate of drug-likeness (QED) is 0.437. The van der Waals surface area contributed by atoms with Crippen molar-refractivity contribution in [2.24, 2.45) is 11.3 Å². The lowest BCUT2D eigenvalue weighted by Crippen LogP contribution is -2.55. The summed E-state index contributed by atoms with van der Waals surface area (Å²) in [5.41, 5.74) is 4.03. The molecular formula is C32H37F2NO. The van der Waals surface area contributed by atoms with Gasteiger partial charge in [0.2, 0.25) is 0 Å². The lowest BCUT2D eigenvalue weighted by Gasteiger charge is -2.55. The molecule has 1 saturated heterocycles. The van der Waals surface area contributed by atoms with Crippen LogP contribution in [0.1, 0.15) is 69.8 Å². The Labute approximate surface area is 213 Å². The predicted molar refractivity (Wildman–Crippen MR) is 140 cm³/mol. The van der Waals surface area contributed by atoms with E-state index in [1.807, 2.05) is 11.9 Å². The van der Waals surface area contributed by atoms with Crippen molar-refractivity contribution in [1.29, 1.82) is 0 Å². The average molecular weight is 490 g/mol. The highest BCUT2D eigenvalue weighted by Crippen LogP contribution is 2.69. The molecular weight excluding hydrogens is 452 g/mol. The molecule has 4 heteroatoms. The SMILES string of the molecule is CN(CC(F)F)[C@H]1CCC2=CC3=CC[C@]4(C)[C@@H](c5ccc6ccccc6c5)CC[C@H]4[C@@]34CC[C@]2(C1)O4. The number of fused-ring (bicyclic) bond motifs is 2. The Morgan fingerprint density at radius 3 is 2.72 bits per heavy atom. The maximum atomic E-state index is 13.1. The molecule has 0 aromatic heterocycles. The summed E-state index contributed by atoms with van der Waals surface area (Å²) in [6.45, 7) is 2.37. The standard InChI is InChI=1S/C32H37F2NO/c1-30-14-13-25-18-24-9-10-26(35(2)20-29(33)34)19-31(24)15-16-32(25,36-31)28(30)12-11-27(30)23-8-7-21-5-3-4-6-22(21)17-23/h3-8,13,17-18,26-29H,9-12,14-16,19-20H2,1-2H3/t26-,27+,28+,30+,31+,32+/m0/s1. The topological polar surface area (TPSA) is 12.5 Å². The second-order valence-electron chi connectivity index (χ2n) is 12.5. The summed E-state index contributed by atoms with van der Waals surface area (Å²) in [7, 11) is 1.86. The van der Waals surface area contributed by atoms with Gasteiger partial charge < -0.3 is 4.74 Å². The third-order valence-electron chi connectivity index (χ3n) is 10.9. The van der Waals surface area contributed by atoms with E-state index in [-0.39, 0.29) is 29.2 Å². The number of hydrogen-bond donors (Lipinski definition) is 0. The molecule has 7 rings (SSSR count). The molecule has 6 atom stereocenters. The van der Waals surface area contributed by atoms with Gasteiger partial charge in [0.05, 0.1) is 17.7 Å². The summed E-state index contributed by atoms with van der Waals surface area (Å²) in [6, 6.07) is 15.9. The number of hydrogen-bond acceptors (Lipinski definition) is 2. The van der Waals surface area contributed by atoms with Crippen LogP contribution < -0.4 is 0 Å². The van der Waals surface area contributed by atoms with E-state index >= 15 is 0 Å². The molecule has 36 heavy (non-hydrogen) atoms. The number of benzene rings is 2. The van der Waals surface area contributed by atoms with E-state index in [2.05, 4.69) is 61.5 Å². The summed E-state index contributed by atoms with van der Waals surface area (Å²) >= 11 is 0. The maximum Gasteiger partial charge on any atom is 0.251 e. The first-order valence-electron chi connectivity index (χ1n) is 13.9. The van der Waals surface area contributed by atoms with Crippen LogP contribution in [0, 0.1) is 11.3 Å². The minimum absolute atomic E-state index is 0.149. The third-order valence-corrected chi connectivity index (χ3v) is 10.9. The summed E-state index contributed by atoms with van der Waals surface area (Å²) in [6.07, 6.45) is 11.1. The molecule has 3 fully saturated rings. The Balaban J connectivity index is 1.22. The van der Waals surface area contributed by atoms with Crippen molar-refractivity contribution in [1.82, 2.24) is 4.90 Å². The lowest BCUT2D eigenvalue weighted by molar-refractivity contribution is -0.141. The zero-order chi connectivity index (χ0) is 24.7. The largest absolute Gasteiger partial charge is 0.359 e. The summed E-state index contributed by atoms with van der Waals surface area (Å²) in [5.74, 6) is 1.03. The molecule has 3 aliphatic carbocycles. The summed E-state index contributed by atoms with van der Waals surface area (Å²) < 4.78 is 33.6. The Bertz CT molecular complexity index is 1270. The van der Waals surface area contributed by atoms with Gasteiger partial charge in [-0.3, -0.25) is 4.90 Å². The van der Waals surface area contributed by atoms with Crippen molar-refractivity contribution in [3.05, 3.63) is 71.3 Å². The van der Waals surface area contributed by atoms with Crippen LogP contribution in [-0.4, -0.2) is 42.2 Å². The van der Waals surface area contributed by atoms with E-state index in [4.69, 9.17) is 4.74 Å². The molecule has 2 heterocycles. The van der Waals surface area contributed by atoms with Gasteiger partial charge in [0.25, 0.3) is 6.43 Å². The fourth-order valence-electron chi connectivity index (χ4n) is 9.10. The van der Waals surface area contributed by atoms with Crippen LogP contribution in [0.15, 0.2) is 65.8 Å². The first kappa shape index (κ1) is 23.1. The second-order valence-corrected chi connectivity index (χ2v) is 12.5. The van der Waals surface area contributed by atoms with Crippen molar-refractivity contribution in [3.63, 3.8) is 0 Å². The Hall–Kier alpha value is -2.04. The van der Waals surface area contributed by atoms with Gasteiger partial charge in [0.1, 0.15) is 0 Å². The van der Waals surface area contributed by atoms with Crippen LogP contribution >= 0.6 is 0 Å². The highest BCUT2D eigenvalue weighted by Gasteiger charge is 2.66. The third kappa shape index (κ3) is 3.19. The van der Waals surface area contributed by atoms with Crippen molar-refractivity contribution in [3.8, 4) is 0 Å². The van der Waals surface area contributed by atoms with Gasteiger partial charge >= 0.3 is 0 Å². The first-order valence-corrected chi connectivity index (χ1v) is 13.9. The van der Waals surface area contributed by atoms with E-state index in [0.29, 0.717) is 11.8 Å². The number of rotatable bonds is 4. The van der Waals surface area contributed by atoms with E-state index in [9.17, 15) is 8.78 Å². The number of ether oxygens (including phenoxy) is 1. The fourth-order valence-corrected chi connectivity index (χ4v) is 9.10. The molecule has 2 nitrogen and oxygen atoms in total. The van der Waals surface area contributed by atoms with E-state index in [1.54, 1.807) is 0 Å². The number of alkyl halides is 2. The fraction of sp³-hybridized carbons (Fsp3) is 0.562. The minimum Gasteiger partial charge on any atom is -0.359 e. The molecule has 2 aromatic rings. The molecule has 0 amide bonds. The Kier molecular flexibility index (Phi) is 5.12. The molecule has 2 aliphatic heterocycles. The van der Waals surface area contributed by atoms with Gasteiger partial charge in [-0.1, -0.05) is 61.5 Å². The summed E-state index contributed by atoms with van der Waals surface area (Å²) in [4.78, 5) is 1.88. The van der Waals surface area contributed by atoms with E-state index in [0.717, 1.165) is 38.5 Å². The molecule has 0 unspecified atom stereocenters. The van der Waals surface area contributed by atoms with Crippen molar-refractivity contribution in [2.75, 3.05) is 13.6 Å². The van der Waals surface area contributed by atoms with Gasteiger partial charge in [-0.2, -0.15) is 0 Å². The van der Waals surface area contributed by atoms with Gasteiger partial charge in [-0.15, -0.1) is 0 Å². The highest BCUT2D eigenvalue weighted by atomic mass is 19.3. The monoisotopic (exact) mass is 489 g/mol. The lowest BCUT2D eigenvalue weighted by atomic mass is 9.58. The number of nitrogens with zero attached hydrogens (tertiary/aromatic N) is 1. The predicted octanol–water partition coefficient (Wildman–Crippen LogP) is 7.65. The van der Waals surface area contributed by atoms with Crippen molar-refractivity contribution >= 4 is 10.8 Å². The van der Waals surface area contributed by atoms with Gasteiger partial charge in [-0.25, -0.2) is 8.78 Å². The zero-order valence-electron chi connectivity index (χ0n) is 21.5. The van der Waals surface area contributed by atoms with Crippen LogP contribution in [0.3, 0.4) is 0 Å². The van der Waals surface area contributed by atoms with Crippen molar-refractivity contribution in [2.45, 2.75) is 87.9 Å². The molecule has 190 valence electrons. The van der Waals surface area contributed by atoms with Crippen molar-refractivity contribution < 1.29 is 13.5 Å². The molecule has 2 saturated carbocycles. The molecule has 5 aliphatic rings. The van der Waals surface area contributed by atoms with Gasteiger partial charge in [0, 0.05) is 6.04 Å². The molecule has 2 bridgehead atoms. The number of halogens is 2. The van der Waals surface area contributed by atoms with Crippen LogP contribution in [-0.2, 0) is 4.74 Å². The van der Waals surface area contributed by atoms with Crippen LogP contribution in [0.25, 0.3) is 10.8 Å². The minimum atomic E-state index is -2.29. The molecule has 2 spiro atoms. The van der Waals surface area contributed by atoms with E-state index in [1.165, 1.54) is 40.3 Å². The van der Waals surface area contributed by atoms with E-state index < -0.39 is 6.43 Å². The zero-order valence-corrected chi connectivity index (χ0v) is 21.5. The molecule has 2 aromatic carbocycles. The first-order chi connectivity index (χ1) is 17.3. The van der Waals surface area contributed by atoms with Crippen LogP contribution in [0.5, 0.6) is 0 Å². The highest BCUT2D eigenvalue weighted by molar-refractivity contribution is 5.83. The Morgan fingerprint density at radius 1 is 1.06 bits per heavy atom. The number of allylic oxidation sites excluding steroid dienone is 1. The smallest absolute Gasteiger partial charge is 0.251 e.